The molecule has 3 rings (SSSR count). The third-order valence-electron chi connectivity index (χ3n) is 5.00. The number of amides is 2. The van der Waals surface area contributed by atoms with E-state index < -0.39 is 0 Å². The van der Waals surface area contributed by atoms with Gasteiger partial charge in [-0.3, -0.25) is 9.59 Å². The van der Waals surface area contributed by atoms with Crippen molar-refractivity contribution in [1.29, 1.82) is 0 Å². The molecule has 0 fully saturated rings. The third kappa shape index (κ3) is 5.97. The van der Waals surface area contributed by atoms with Crippen LogP contribution in [0.5, 0.6) is 0 Å². The fourth-order valence-corrected chi connectivity index (χ4v) is 4.47. The zero-order chi connectivity index (χ0) is 21.3. The Balaban J connectivity index is 1.63. The van der Waals surface area contributed by atoms with Crippen LogP contribution < -0.4 is 15.5 Å². The Morgan fingerprint density at radius 1 is 1.07 bits per heavy atom. The SMILES string of the molecule is CCC[NH+](CCC)CCNC(=O)c1ccc2c(c1)NC(=O)C(=Cc1ccccc1)S2. The molecule has 2 aromatic carbocycles. The number of anilines is 1. The Morgan fingerprint density at radius 2 is 1.80 bits per heavy atom. The zero-order valence-electron chi connectivity index (χ0n) is 17.7. The first kappa shape index (κ1) is 22.1. The number of carbonyl (C=O) groups excluding carboxylic acids is 2. The van der Waals surface area contributed by atoms with E-state index in [1.807, 2.05) is 48.5 Å². The highest BCUT2D eigenvalue weighted by Gasteiger charge is 2.22. The van der Waals surface area contributed by atoms with Crippen LogP contribution in [0.4, 0.5) is 5.69 Å². The maximum Gasteiger partial charge on any atom is 0.262 e. The van der Waals surface area contributed by atoms with Gasteiger partial charge in [-0.2, -0.15) is 0 Å². The fourth-order valence-electron chi connectivity index (χ4n) is 3.54. The zero-order valence-corrected chi connectivity index (χ0v) is 18.5. The number of rotatable bonds is 9. The van der Waals surface area contributed by atoms with E-state index >= 15 is 0 Å². The summed E-state index contributed by atoms with van der Waals surface area (Å²) in [5, 5.41) is 5.94. The Hall–Kier alpha value is -2.57. The van der Waals surface area contributed by atoms with Gasteiger partial charge in [-0.15, -0.1) is 0 Å². The maximum atomic E-state index is 12.6. The van der Waals surface area contributed by atoms with Gasteiger partial charge in [0.1, 0.15) is 0 Å². The summed E-state index contributed by atoms with van der Waals surface area (Å²) in [4.78, 5) is 28.2. The van der Waals surface area contributed by atoms with Gasteiger partial charge in [0.2, 0.25) is 0 Å². The van der Waals surface area contributed by atoms with E-state index in [0.29, 0.717) is 22.7 Å². The molecule has 0 aromatic heterocycles. The van der Waals surface area contributed by atoms with E-state index in [0.717, 1.165) is 42.9 Å². The predicted octanol–water partition coefficient (Wildman–Crippen LogP) is 3.21. The largest absolute Gasteiger partial charge is 0.346 e. The molecule has 6 heteroatoms. The van der Waals surface area contributed by atoms with Crippen LogP contribution in [-0.4, -0.2) is 38.0 Å². The van der Waals surface area contributed by atoms with Crippen molar-refractivity contribution >= 4 is 35.3 Å². The molecule has 0 radical (unpaired) electrons. The molecule has 3 N–H and O–H groups in total. The molecule has 30 heavy (non-hydrogen) atoms. The molecule has 0 saturated carbocycles. The van der Waals surface area contributed by atoms with Gasteiger partial charge in [0.05, 0.1) is 36.8 Å². The number of thioether (sulfide) groups is 1. The molecule has 0 spiro atoms. The number of carbonyl (C=O) groups is 2. The molecular formula is C24H30N3O2S+. The van der Waals surface area contributed by atoms with Gasteiger partial charge >= 0.3 is 0 Å². The first-order valence-electron chi connectivity index (χ1n) is 10.6. The van der Waals surface area contributed by atoms with Crippen molar-refractivity contribution in [2.45, 2.75) is 31.6 Å². The van der Waals surface area contributed by atoms with Crippen LogP contribution in [0.2, 0.25) is 0 Å². The molecule has 0 bridgehead atoms. The normalized spacial score (nSPS) is 14.5. The Morgan fingerprint density at radius 3 is 2.50 bits per heavy atom. The van der Waals surface area contributed by atoms with E-state index in [1.54, 1.807) is 6.07 Å². The van der Waals surface area contributed by atoms with Gasteiger partial charge in [-0.1, -0.05) is 55.9 Å². The van der Waals surface area contributed by atoms with E-state index in [4.69, 9.17) is 0 Å². The quantitative estimate of drug-likeness (QED) is 0.542. The van der Waals surface area contributed by atoms with Gasteiger partial charge in [-0.05, 0) is 42.7 Å². The van der Waals surface area contributed by atoms with Crippen molar-refractivity contribution < 1.29 is 14.5 Å². The minimum atomic E-state index is -0.146. The van der Waals surface area contributed by atoms with E-state index in [-0.39, 0.29) is 11.8 Å². The summed E-state index contributed by atoms with van der Waals surface area (Å²) < 4.78 is 0. The molecule has 1 aliphatic heterocycles. The number of fused-ring (bicyclic) bond motifs is 1. The summed E-state index contributed by atoms with van der Waals surface area (Å²) >= 11 is 1.43. The number of quaternary nitrogens is 1. The molecule has 0 atom stereocenters. The van der Waals surface area contributed by atoms with Crippen LogP contribution in [0.25, 0.3) is 6.08 Å². The second-order valence-electron chi connectivity index (χ2n) is 7.44. The first-order valence-corrected chi connectivity index (χ1v) is 11.4. The molecule has 0 aliphatic carbocycles. The van der Waals surface area contributed by atoms with Gasteiger partial charge < -0.3 is 15.5 Å². The topological polar surface area (TPSA) is 62.6 Å². The standard InChI is InChI=1S/C24H29N3O2S/c1-3-13-27(14-4-2)15-12-25-23(28)19-10-11-21-20(17-19)26-24(29)22(30-21)16-18-8-6-5-7-9-18/h5-11,16-17H,3-4,12-15H2,1-2H3,(H,25,28)(H,26,29)/p+1. The molecule has 0 saturated heterocycles. The summed E-state index contributed by atoms with van der Waals surface area (Å²) in [6.45, 7) is 8.21. The van der Waals surface area contributed by atoms with Crippen molar-refractivity contribution in [1.82, 2.24) is 5.32 Å². The fraction of sp³-hybridized carbons (Fsp3) is 0.333. The molecule has 2 aromatic rings. The lowest BCUT2D eigenvalue weighted by molar-refractivity contribution is -0.898. The van der Waals surface area contributed by atoms with Gasteiger partial charge in [-0.25, -0.2) is 0 Å². The highest BCUT2D eigenvalue weighted by Crippen LogP contribution is 2.39. The minimum Gasteiger partial charge on any atom is -0.346 e. The summed E-state index contributed by atoms with van der Waals surface area (Å²) in [7, 11) is 0. The lowest BCUT2D eigenvalue weighted by atomic mass is 10.1. The van der Waals surface area contributed by atoms with Crippen molar-refractivity contribution in [3.05, 3.63) is 64.6 Å². The molecule has 158 valence electrons. The monoisotopic (exact) mass is 424 g/mol. The van der Waals surface area contributed by atoms with Crippen molar-refractivity contribution in [3.63, 3.8) is 0 Å². The smallest absolute Gasteiger partial charge is 0.262 e. The van der Waals surface area contributed by atoms with E-state index in [2.05, 4.69) is 24.5 Å². The van der Waals surface area contributed by atoms with Crippen molar-refractivity contribution in [3.8, 4) is 0 Å². The van der Waals surface area contributed by atoms with Crippen LogP contribution in [0.3, 0.4) is 0 Å². The first-order chi connectivity index (χ1) is 14.6. The van der Waals surface area contributed by atoms with Crippen LogP contribution in [-0.2, 0) is 4.79 Å². The Labute approximate surface area is 182 Å². The van der Waals surface area contributed by atoms with Crippen molar-refractivity contribution in [2.24, 2.45) is 0 Å². The Kier molecular flexibility index (Phi) is 8.11. The van der Waals surface area contributed by atoms with Gasteiger partial charge in [0.15, 0.2) is 0 Å². The molecule has 2 amide bonds. The van der Waals surface area contributed by atoms with Crippen molar-refractivity contribution in [2.75, 3.05) is 31.5 Å². The maximum absolute atomic E-state index is 12.6. The van der Waals surface area contributed by atoms with E-state index in [1.165, 1.54) is 16.7 Å². The average Bonchev–Trinajstić information content (AvgIpc) is 2.75. The van der Waals surface area contributed by atoms with E-state index in [9.17, 15) is 9.59 Å². The molecule has 1 heterocycles. The van der Waals surface area contributed by atoms with Crippen LogP contribution >= 0.6 is 11.8 Å². The molecule has 0 unspecified atom stereocenters. The van der Waals surface area contributed by atoms with Gasteiger partial charge in [0, 0.05) is 10.5 Å². The second-order valence-corrected chi connectivity index (χ2v) is 8.53. The minimum absolute atomic E-state index is 0.102. The van der Waals surface area contributed by atoms with Crippen LogP contribution in [0.15, 0.2) is 58.3 Å². The lowest BCUT2D eigenvalue weighted by Crippen LogP contribution is -3.12. The highest BCUT2D eigenvalue weighted by molar-refractivity contribution is 8.04. The number of hydrogen-bond acceptors (Lipinski definition) is 3. The number of hydrogen-bond donors (Lipinski definition) is 3. The summed E-state index contributed by atoms with van der Waals surface area (Å²) in [5.41, 5.74) is 2.24. The molecular weight excluding hydrogens is 394 g/mol. The second kappa shape index (κ2) is 11.0. The average molecular weight is 425 g/mol. The Bertz CT molecular complexity index is 906. The lowest BCUT2D eigenvalue weighted by Gasteiger charge is -2.20. The summed E-state index contributed by atoms with van der Waals surface area (Å²) in [5.74, 6) is -0.248. The number of benzene rings is 2. The third-order valence-corrected chi connectivity index (χ3v) is 6.10. The predicted molar refractivity (Wildman–Crippen MR) is 124 cm³/mol. The number of nitrogens with one attached hydrogen (secondary N) is 3. The molecule has 1 aliphatic rings. The van der Waals surface area contributed by atoms with Crippen LogP contribution in [0, 0.1) is 0 Å². The summed E-state index contributed by atoms with van der Waals surface area (Å²) in [6.07, 6.45) is 4.17. The molecule has 5 nitrogen and oxygen atoms in total. The summed E-state index contributed by atoms with van der Waals surface area (Å²) in [6, 6.07) is 15.3. The van der Waals surface area contributed by atoms with Gasteiger partial charge in [0.25, 0.3) is 11.8 Å². The van der Waals surface area contributed by atoms with Crippen LogP contribution in [0.1, 0.15) is 42.6 Å². The highest BCUT2D eigenvalue weighted by atomic mass is 32.2.